The second kappa shape index (κ2) is 6.87. The number of phenols is 1. The van der Waals surface area contributed by atoms with Crippen molar-refractivity contribution in [2.75, 3.05) is 26.2 Å². The Morgan fingerprint density at radius 3 is 2.33 bits per heavy atom. The van der Waals surface area contributed by atoms with Crippen molar-refractivity contribution in [3.8, 4) is 5.75 Å². The number of benzene rings is 1. The highest BCUT2D eigenvalue weighted by Crippen LogP contribution is 2.15. The van der Waals surface area contributed by atoms with Crippen LogP contribution in [-0.4, -0.2) is 58.0 Å². The lowest BCUT2D eigenvalue weighted by Crippen LogP contribution is -2.54. The summed E-state index contributed by atoms with van der Waals surface area (Å²) in [6, 6.07) is 6.47. The molecule has 5 nitrogen and oxygen atoms in total. The van der Waals surface area contributed by atoms with Gasteiger partial charge in [0.25, 0.3) is 5.91 Å². The topological polar surface area (TPSA) is 69.8 Å². The third-order valence-electron chi connectivity index (χ3n) is 3.87. The van der Waals surface area contributed by atoms with Crippen molar-refractivity contribution in [2.24, 2.45) is 5.73 Å². The normalized spacial score (nSPS) is 17.5. The van der Waals surface area contributed by atoms with Crippen LogP contribution >= 0.6 is 12.2 Å². The van der Waals surface area contributed by atoms with Crippen LogP contribution in [0.2, 0.25) is 0 Å². The average Bonchev–Trinajstić information content (AvgIpc) is 2.48. The maximum absolute atomic E-state index is 12.4. The molecular weight excluding hydrogens is 286 g/mol. The largest absolute Gasteiger partial charge is 0.508 e. The first kappa shape index (κ1) is 15.7. The Kier molecular flexibility index (Phi) is 5.14. The summed E-state index contributed by atoms with van der Waals surface area (Å²) in [5.74, 6) is 0.164. The minimum atomic E-state index is -0.00183. The molecule has 1 aromatic carbocycles. The van der Waals surface area contributed by atoms with Gasteiger partial charge >= 0.3 is 0 Å². The first-order valence-corrected chi connectivity index (χ1v) is 7.55. The Bertz CT molecular complexity index is 510. The van der Waals surface area contributed by atoms with E-state index in [1.54, 1.807) is 12.1 Å². The number of rotatable bonds is 4. The fourth-order valence-corrected chi connectivity index (χ4v) is 2.98. The number of nitrogens with zero attached hydrogens (tertiary/aromatic N) is 2. The lowest BCUT2D eigenvalue weighted by molar-refractivity contribution is 0.0612. The Labute approximate surface area is 130 Å². The highest BCUT2D eigenvalue weighted by atomic mass is 32.1. The van der Waals surface area contributed by atoms with Crippen LogP contribution in [0.15, 0.2) is 24.3 Å². The minimum Gasteiger partial charge on any atom is -0.508 e. The quantitative estimate of drug-likeness (QED) is 0.819. The molecule has 1 aromatic rings. The van der Waals surface area contributed by atoms with E-state index >= 15 is 0 Å². The molecule has 1 atom stereocenters. The summed E-state index contributed by atoms with van der Waals surface area (Å²) in [6.45, 7) is 4.95. The van der Waals surface area contributed by atoms with Gasteiger partial charge in [-0.15, -0.1) is 0 Å². The summed E-state index contributed by atoms with van der Waals surface area (Å²) in [6.07, 6.45) is 0.890. The van der Waals surface area contributed by atoms with E-state index in [1.807, 2.05) is 4.90 Å². The second-order valence-electron chi connectivity index (χ2n) is 5.20. The van der Waals surface area contributed by atoms with Crippen molar-refractivity contribution < 1.29 is 9.90 Å². The standard InChI is InChI=1S/C15H21N3O2S/c1-2-13(14(16)21)17-7-9-18(10-8-17)15(20)11-3-5-12(19)6-4-11/h3-6,13,19H,2,7-10H2,1H3,(H2,16,21). The lowest BCUT2D eigenvalue weighted by Gasteiger charge is -2.38. The van der Waals surface area contributed by atoms with Crippen LogP contribution in [0.4, 0.5) is 0 Å². The summed E-state index contributed by atoms with van der Waals surface area (Å²) >= 11 is 5.10. The van der Waals surface area contributed by atoms with Crippen LogP contribution in [0, 0.1) is 0 Å². The number of phenolic OH excluding ortho intramolecular Hbond substituents is 1. The summed E-state index contributed by atoms with van der Waals surface area (Å²) in [5, 5.41) is 9.27. The van der Waals surface area contributed by atoms with E-state index in [4.69, 9.17) is 18.0 Å². The molecule has 114 valence electrons. The molecule has 1 aliphatic heterocycles. The molecule has 0 radical (unpaired) electrons. The summed E-state index contributed by atoms with van der Waals surface area (Å²) in [7, 11) is 0. The molecule has 0 aromatic heterocycles. The van der Waals surface area contributed by atoms with Gasteiger partial charge in [0.15, 0.2) is 0 Å². The summed E-state index contributed by atoms with van der Waals surface area (Å²) < 4.78 is 0. The third kappa shape index (κ3) is 3.71. The van der Waals surface area contributed by atoms with Crippen LogP contribution in [0.1, 0.15) is 23.7 Å². The highest BCUT2D eigenvalue weighted by molar-refractivity contribution is 7.80. The third-order valence-corrected chi connectivity index (χ3v) is 4.14. The number of aromatic hydroxyl groups is 1. The first-order valence-electron chi connectivity index (χ1n) is 7.14. The highest BCUT2D eigenvalue weighted by Gasteiger charge is 2.26. The van der Waals surface area contributed by atoms with Crippen LogP contribution in [0.25, 0.3) is 0 Å². The number of amides is 1. The van der Waals surface area contributed by atoms with E-state index in [0.29, 0.717) is 23.6 Å². The number of carbonyl (C=O) groups excluding carboxylic acids is 1. The zero-order valence-electron chi connectivity index (χ0n) is 12.2. The number of thiocarbonyl (C=S) groups is 1. The number of nitrogens with two attached hydrogens (primary N) is 1. The molecule has 0 saturated carbocycles. The van der Waals surface area contributed by atoms with Gasteiger partial charge in [-0.05, 0) is 30.7 Å². The SMILES string of the molecule is CCC(C(N)=S)N1CCN(C(=O)c2ccc(O)cc2)CC1. The Hall–Kier alpha value is -1.66. The second-order valence-corrected chi connectivity index (χ2v) is 5.67. The smallest absolute Gasteiger partial charge is 0.253 e. The molecule has 21 heavy (non-hydrogen) atoms. The molecule has 6 heteroatoms. The molecule has 1 heterocycles. The average molecular weight is 307 g/mol. The van der Waals surface area contributed by atoms with Gasteiger partial charge in [-0.3, -0.25) is 9.69 Å². The molecule has 0 aliphatic carbocycles. The zero-order chi connectivity index (χ0) is 15.4. The van der Waals surface area contributed by atoms with Crippen molar-refractivity contribution in [1.82, 2.24) is 9.80 Å². The Morgan fingerprint density at radius 1 is 1.29 bits per heavy atom. The molecule has 1 amide bonds. The van der Waals surface area contributed by atoms with E-state index in [9.17, 15) is 9.90 Å². The van der Waals surface area contributed by atoms with E-state index in [0.717, 1.165) is 19.5 Å². The van der Waals surface area contributed by atoms with Gasteiger partial charge in [-0.25, -0.2) is 0 Å². The Balaban J connectivity index is 1.96. The number of carbonyl (C=O) groups is 1. The van der Waals surface area contributed by atoms with E-state index in [2.05, 4.69) is 11.8 Å². The van der Waals surface area contributed by atoms with E-state index < -0.39 is 0 Å². The van der Waals surface area contributed by atoms with Crippen molar-refractivity contribution in [3.05, 3.63) is 29.8 Å². The molecule has 1 fully saturated rings. The molecule has 0 bridgehead atoms. The van der Waals surface area contributed by atoms with Gasteiger partial charge in [-0.1, -0.05) is 19.1 Å². The summed E-state index contributed by atoms with van der Waals surface area (Å²) in [4.78, 5) is 17.0. The predicted molar refractivity (Wildman–Crippen MR) is 86.4 cm³/mol. The minimum absolute atomic E-state index is 0.00183. The van der Waals surface area contributed by atoms with Crippen LogP contribution in [-0.2, 0) is 0 Å². The molecule has 3 N–H and O–H groups in total. The number of hydrogen-bond donors (Lipinski definition) is 2. The Morgan fingerprint density at radius 2 is 1.86 bits per heavy atom. The molecule has 1 saturated heterocycles. The lowest BCUT2D eigenvalue weighted by atomic mass is 10.1. The molecule has 1 aliphatic rings. The van der Waals surface area contributed by atoms with Crippen LogP contribution in [0.5, 0.6) is 5.75 Å². The van der Waals surface area contributed by atoms with Crippen molar-refractivity contribution in [3.63, 3.8) is 0 Å². The molecule has 2 rings (SSSR count). The number of hydrogen-bond acceptors (Lipinski definition) is 4. The van der Waals surface area contributed by atoms with Gasteiger partial charge in [0.05, 0.1) is 11.0 Å². The van der Waals surface area contributed by atoms with Crippen LogP contribution in [0.3, 0.4) is 0 Å². The van der Waals surface area contributed by atoms with Gasteiger partial charge in [-0.2, -0.15) is 0 Å². The van der Waals surface area contributed by atoms with Crippen molar-refractivity contribution in [1.29, 1.82) is 0 Å². The van der Waals surface area contributed by atoms with E-state index in [1.165, 1.54) is 12.1 Å². The molecule has 0 spiro atoms. The van der Waals surface area contributed by atoms with Gasteiger partial charge in [0, 0.05) is 31.7 Å². The van der Waals surface area contributed by atoms with Gasteiger partial charge < -0.3 is 15.7 Å². The fourth-order valence-electron chi connectivity index (χ4n) is 2.66. The van der Waals surface area contributed by atoms with E-state index in [-0.39, 0.29) is 17.7 Å². The van der Waals surface area contributed by atoms with Crippen LogP contribution < -0.4 is 5.73 Å². The van der Waals surface area contributed by atoms with Gasteiger partial charge in [0.2, 0.25) is 0 Å². The zero-order valence-corrected chi connectivity index (χ0v) is 13.0. The maximum atomic E-state index is 12.4. The molecule has 1 unspecified atom stereocenters. The van der Waals surface area contributed by atoms with Crippen molar-refractivity contribution >= 4 is 23.1 Å². The monoisotopic (exact) mass is 307 g/mol. The predicted octanol–water partition coefficient (Wildman–Crippen LogP) is 1.21. The fraction of sp³-hybridized carbons (Fsp3) is 0.467. The van der Waals surface area contributed by atoms with Crippen molar-refractivity contribution in [2.45, 2.75) is 19.4 Å². The maximum Gasteiger partial charge on any atom is 0.253 e. The van der Waals surface area contributed by atoms with Gasteiger partial charge in [0.1, 0.15) is 5.75 Å². The summed E-state index contributed by atoms with van der Waals surface area (Å²) in [5.41, 5.74) is 6.36. The number of piperazine rings is 1. The molecular formula is C15H21N3O2S. The first-order chi connectivity index (χ1) is 10.0.